The minimum Gasteiger partial charge on any atom is -0.390 e. The molecule has 0 heterocycles. The summed E-state index contributed by atoms with van der Waals surface area (Å²) >= 11 is 0. The Hall–Kier alpha value is -0.500. The molecule has 52 valence electrons. The fourth-order valence-electron chi connectivity index (χ4n) is 1.05. The maximum atomic E-state index is 9.52. The lowest BCUT2D eigenvalue weighted by molar-refractivity contribution is -0.00199. The summed E-state index contributed by atoms with van der Waals surface area (Å²) in [4.78, 5) is 0. The molecule has 1 aliphatic carbocycles. The number of nitrogens with one attached hydrogen (secondary N) is 1. The van der Waals surface area contributed by atoms with Crippen LogP contribution in [0.2, 0.25) is 0 Å². The lowest BCUT2D eigenvalue weighted by Crippen LogP contribution is -2.42. The smallest absolute Gasteiger partial charge is 0.103 e. The highest BCUT2D eigenvalue weighted by atomic mass is 16.3. The average Bonchev–Trinajstić information content (AvgIpc) is 1.81. The second-order valence-electron chi connectivity index (χ2n) is 2.61. The molecule has 1 fully saturated rings. The average molecular weight is 127 g/mol. The molecule has 0 aliphatic heterocycles. The van der Waals surface area contributed by atoms with E-state index in [1.165, 1.54) is 0 Å². The van der Waals surface area contributed by atoms with Gasteiger partial charge in [-0.2, -0.15) is 0 Å². The molecule has 1 aliphatic rings. The van der Waals surface area contributed by atoms with Crippen molar-refractivity contribution < 1.29 is 5.11 Å². The second-order valence-corrected chi connectivity index (χ2v) is 2.61. The largest absolute Gasteiger partial charge is 0.390 e. The van der Waals surface area contributed by atoms with E-state index in [0.29, 0.717) is 0 Å². The van der Waals surface area contributed by atoms with Gasteiger partial charge >= 0.3 is 0 Å². The monoisotopic (exact) mass is 127 g/mol. The number of hydrogen-bond acceptors (Lipinski definition) is 2. The summed E-state index contributed by atoms with van der Waals surface area (Å²) in [5, 5.41) is 12.4. The van der Waals surface area contributed by atoms with Crippen molar-refractivity contribution in [2.24, 2.45) is 0 Å². The van der Waals surface area contributed by atoms with E-state index in [1.54, 1.807) is 7.05 Å². The molecule has 9 heavy (non-hydrogen) atoms. The van der Waals surface area contributed by atoms with Crippen molar-refractivity contribution in [3.8, 4) is 0 Å². The predicted octanol–water partition coefficient (Wildman–Crippen LogP) is 0.634. The van der Waals surface area contributed by atoms with Gasteiger partial charge in [0.25, 0.3) is 0 Å². The Morgan fingerprint density at radius 2 is 2.22 bits per heavy atom. The van der Waals surface area contributed by atoms with Gasteiger partial charge in [0.05, 0.1) is 0 Å². The van der Waals surface area contributed by atoms with Crippen molar-refractivity contribution in [2.75, 3.05) is 7.05 Å². The van der Waals surface area contributed by atoms with Gasteiger partial charge in [-0.05, 0) is 19.3 Å². The molecule has 0 aromatic carbocycles. The molecule has 1 rings (SSSR count). The molecule has 0 spiro atoms. The normalized spacial score (nSPS) is 22.4. The van der Waals surface area contributed by atoms with Crippen LogP contribution in [0.1, 0.15) is 19.3 Å². The van der Waals surface area contributed by atoms with E-state index in [4.69, 9.17) is 0 Å². The number of rotatable bonds is 2. The molecular weight excluding hydrogens is 114 g/mol. The third kappa shape index (κ3) is 0.944. The number of likely N-dealkylation sites (N-methyl/N-ethyl adjacent to an activating group) is 1. The van der Waals surface area contributed by atoms with Gasteiger partial charge in [-0.25, -0.2) is 0 Å². The third-order valence-corrected chi connectivity index (χ3v) is 2.04. The zero-order valence-electron chi connectivity index (χ0n) is 5.78. The highest BCUT2D eigenvalue weighted by molar-refractivity contribution is 5.13. The van der Waals surface area contributed by atoms with Gasteiger partial charge in [0.15, 0.2) is 0 Å². The molecule has 1 saturated carbocycles. The summed E-state index contributed by atoms with van der Waals surface area (Å²) in [7, 11) is 1.79. The Morgan fingerprint density at radius 1 is 1.67 bits per heavy atom. The molecular formula is C7H13NO. The molecule has 2 N–H and O–H groups in total. The fraction of sp³-hybridized carbons (Fsp3) is 0.714. The minimum atomic E-state index is -0.575. The van der Waals surface area contributed by atoms with Crippen LogP contribution in [0.5, 0.6) is 0 Å². The van der Waals surface area contributed by atoms with Gasteiger partial charge in [-0.1, -0.05) is 6.58 Å². The highest BCUT2D eigenvalue weighted by Crippen LogP contribution is 2.35. The molecule has 0 unspecified atom stereocenters. The Morgan fingerprint density at radius 3 is 2.33 bits per heavy atom. The van der Waals surface area contributed by atoms with Gasteiger partial charge in [0.2, 0.25) is 0 Å². The first-order chi connectivity index (χ1) is 4.19. The first-order valence-corrected chi connectivity index (χ1v) is 3.28. The van der Waals surface area contributed by atoms with Gasteiger partial charge in [0, 0.05) is 12.7 Å². The van der Waals surface area contributed by atoms with E-state index < -0.39 is 5.60 Å². The first-order valence-electron chi connectivity index (χ1n) is 3.28. The predicted molar refractivity (Wildman–Crippen MR) is 37.0 cm³/mol. The number of hydrogen-bond donors (Lipinski definition) is 2. The lowest BCUT2D eigenvalue weighted by Gasteiger charge is -2.37. The van der Waals surface area contributed by atoms with Crippen molar-refractivity contribution in [1.82, 2.24) is 5.32 Å². The van der Waals surface area contributed by atoms with Crippen molar-refractivity contribution in [1.29, 1.82) is 0 Å². The summed E-state index contributed by atoms with van der Waals surface area (Å²) in [5.74, 6) is 0. The Bertz CT molecular complexity index is 127. The van der Waals surface area contributed by atoms with Crippen LogP contribution in [0.25, 0.3) is 0 Å². The van der Waals surface area contributed by atoms with Gasteiger partial charge < -0.3 is 10.4 Å². The van der Waals surface area contributed by atoms with Crippen molar-refractivity contribution >= 4 is 0 Å². The van der Waals surface area contributed by atoms with E-state index in [2.05, 4.69) is 11.9 Å². The van der Waals surface area contributed by atoms with Gasteiger partial charge in [-0.15, -0.1) is 0 Å². The third-order valence-electron chi connectivity index (χ3n) is 2.04. The van der Waals surface area contributed by atoms with Crippen LogP contribution in [-0.2, 0) is 0 Å². The van der Waals surface area contributed by atoms with Crippen molar-refractivity contribution in [3.63, 3.8) is 0 Å². The first kappa shape index (κ1) is 6.62. The molecule has 0 amide bonds. The van der Waals surface area contributed by atoms with E-state index in [9.17, 15) is 5.11 Å². The summed E-state index contributed by atoms with van der Waals surface area (Å²) in [6, 6.07) is 0. The second kappa shape index (κ2) is 2.03. The van der Waals surface area contributed by atoms with Crippen LogP contribution in [0.4, 0.5) is 0 Å². The Labute approximate surface area is 55.6 Å². The van der Waals surface area contributed by atoms with E-state index in [0.717, 1.165) is 25.0 Å². The summed E-state index contributed by atoms with van der Waals surface area (Å²) in [6.07, 6.45) is 2.86. The summed E-state index contributed by atoms with van der Waals surface area (Å²) in [6.45, 7) is 3.71. The van der Waals surface area contributed by atoms with E-state index >= 15 is 0 Å². The quantitative estimate of drug-likeness (QED) is 0.570. The summed E-state index contributed by atoms with van der Waals surface area (Å²) < 4.78 is 0. The molecule has 2 heteroatoms. The SMILES string of the molecule is C=C(NC)C1(O)CCC1. The molecule has 0 aromatic rings. The minimum absolute atomic E-state index is 0.575. The topological polar surface area (TPSA) is 32.3 Å². The lowest BCUT2D eigenvalue weighted by atomic mass is 9.78. The van der Waals surface area contributed by atoms with Crippen LogP contribution in [0.3, 0.4) is 0 Å². The van der Waals surface area contributed by atoms with Gasteiger partial charge in [-0.3, -0.25) is 0 Å². The highest BCUT2D eigenvalue weighted by Gasteiger charge is 2.36. The fourth-order valence-corrected chi connectivity index (χ4v) is 1.05. The van der Waals surface area contributed by atoms with Crippen molar-refractivity contribution in [2.45, 2.75) is 24.9 Å². The van der Waals surface area contributed by atoms with E-state index in [-0.39, 0.29) is 0 Å². The molecule has 2 nitrogen and oxygen atoms in total. The summed E-state index contributed by atoms with van der Waals surface area (Å²) in [5.41, 5.74) is 0.183. The van der Waals surface area contributed by atoms with Crippen LogP contribution >= 0.6 is 0 Å². The molecule has 0 bridgehead atoms. The molecule has 0 atom stereocenters. The van der Waals surface area contributed by atoms with Crippen LogP contribution in [-0.4, -0.2) is 17.8 Å². The number of aliphatic hydroxyl groups is 1. The van der Waals surface area contributed by atoms with Gasteiger partial charge in [0.1, 0.15) is 5.60 Å². The maximum absolute atomic E-state index is 9.52. The van der Waals surface area contributed by atoms with Crippen LogP contribution < -0.4 is 5.32 Å². The van der Waals surface area contributed by atoms with Crippen LogP contribution in [0, 0.1) is 0 Å². The molecule has 0 aromatic heterocycles. The maximum Gasteiger partial charge on any atom is 0.103 e. The van der Waals surface area contributed by atoms with Crippen LogP contribution in [0.15, 0.2) is 12.3 Å². The Balaban J connectivity index is 2.49. The standard InChI is InChI=1S/C7H13NO/c1-6(8-2)7(9)4-3-5-7/h8-9H,1,3-5H2,2H3. The Kier molecular flexibility index (Phi) is 1.49. The molecule has 0 radical (unpaired) electrons. The van der Waals surface area contributed by atoms with E-state index in [1.807, 2.05) is 0 Å². The molecule has 0 saturated heterocycles. The van der Waals surface area contributed by atoms with Crippen molar-refractivity contribution in [3.05, 3.63) is 12.3 Å². The zero-order valence-corrected chi connectivity index (χ0v) is 5.78. The zero-order chi connectivity index (χ0) is 6.91.